The van der Waals surface area contributed by atoms with Crippen LogP contribution < -0.4 is 0 Å². The predicted molar refractivity (Wildman–Crippen MR) is 261 cm³/mol. The summed E-state index contributed by atoms with van der Waals surface area (Å²) in [6.07, 6.45) is 57.5. The number of unbranched alkanes of at least 4 members (excludes halogenated alkanes) is 34. The molecule has 358 valence electrons. The number of carbonyl (C=O) groups is 3. The quantitative estimate of drug-likeness (QED) is 0.0262. The molecule has 0 aromatic heterocycles. The van der Waals surface area contributed by atoms with E-state index in [1.807, 2.05) is 0 Å². The summed E-state index contributed by atoms with van der Waals surface area (Å²) in [4.78, 5) is 37.8. The van der Waals surface area contributed by atoms with Crippen molar-refractivity contribution >= 4 is 17.9 Å². The summed E-state index contributed by atoms with van der Waals surface area (Å²) >= 11 is 0. The molecule has 0 aliphatic heterocycles. The van der Waals surface area contributed by atoms with Gasteiger partial charge >= 0.3 is 17.9 Å². The Bertz CT molecular complexity index is 989. The molecular formula is C55H102O6. The number of allylic oxidation sites excluding steroid dienone is 4. The molecule has 0 aromatic carbocycles. The third kappa shape index (κ3) is 48.8. The number of carbonyl (C=O) groups excluding carboxylic acids is 3. The molecule has 0 heterocycles. The van der Waals surface area contributed by atoms with Gasteiger partial charge in [-0.1, -0.05) is 244 Å². The molecule has 1 atom stereocenters. The Labute approximate surface area is 379 Å². The first-order valence-electron chi connectivity index (χ1n) is 26.8. The molecule has 1 unspecified atom stereocenters. The smallest absolute Gasteiger partial charge is 0.306 e. The van der Waals surface area contributed by atoms with Crippen molar-refractivity contribution in [3.8, 4) is 0 Å². The minimum atomic E-state index is -0.765. The molecule has 0 fully saturated rings. The van der Waals surface area contributed by atoms with Crippen LogP contribution in [0.15, 0.2) is 24.3 Å². The van der Waals surface area contributed by atoms with Gasteiger partial charge in [0.2, 0.25) is 0 Å². The lowest BCUT2D eigenvalue weighted by molar-refractivity contribution is -0.167. The molecule has 61 heavy (non-hydrogen) atoms. The summed E-state index contributed by atoms with van der Waals surface area (Å²) in [7, 11) is 0. The Morgan fingerprint density at radius 2 is 0.590 bits per heavy atom. The lowest BCUT2D eigenvalue weighted by Crippen LogP contribution is -2.30. The second kappa shape index (κ2) is 50.5. The molecule has 0 aliphatic rings. The van der Waals surface area contributed by atoms with Crippen molar-refractivity contribution in [3.05, 3.63) is 24.3 Å². The van der Waals surface area contributed by atoms with E-state index in [1.54, 1.807) is 0 Å². The van der Waals surface area contributed by atoms with Gasteiger partial charge in [-0.05, 0) is 51.4 Å². The Kier molecular flexibility index (Phi) is 48.8. The fourth-order valence-electron chi connectivity index (χ4n) is 7.89. The van der Waals surface area contributed by atoms with Crippen LogP contribution in [0.2, 0.25) is 0 Å². The van der Waals surface area contributed by atoms with E-state index in [-0.39, 0.29) is 31.1 Å². The Balaban J connectivity index is 4.20. The topological polar surface area (TPSA) is 78.9 Å². The highest BCUT2D eigenvalue weighted by atomic mass is 16.6. The van der Waals surface area contributed by atoms with Crippen LogP contribution in [0.1, 0.15) is 290 Å². The second-order valence-corrected chi connectivity index (χ2v) is 18.2. The highest BCUT2D eigenvalue weighted by molar-refractivity contribution is 5.71. The van der Waals surface area contributed by atoms with Crippen LogP contribution in [-0.2, 0) is 28.6 Å². The molecule has 0 amide bonds. The van der Waals surface area contributed by atoms with E-state index in [4.69, 9.17) is 14.2 Å². The van der Waals surface area contributed by atoms with Crippen molar-refractivity contribution in [2.45, 2.75) is 297 Å². The van der Waals surface area contributed by atoms with Crippen LogP contribution in [0.5, 0.6) is 0 Å². The zero-order chi connectivity index (χ0) is 44.4. The van der Waals surface area contributed by atoms with E-state index in [2.05, 4.69) is 45.1 Å². The third-order valence-corrected chi connectivity index (χ3v) is 12.0. The van der Waals surface area contributed by atoms with Crippen molar-refractivity contribution < 1.29 is 28.6 Å². The molecule has 0 N–H and O–H groups in total. The van der Waals surface area contributed by atoms with E-state index in [0.717, 1.165) is 64.2 Å². The molecule has 0 rings (SSSR count). The maximum atomic E-state index is 12.8. The van der Waals surface area contributed by atoms with Gasteiger partial charge in [0.05, 0.1) is 0 Å². The standard InChI is InChI=1S/C55H102O6/c1-4-7-10-13-16-18-20-22-24-26-27-29-30-32-34-36-39-42-45-48-54(57)60-51-52(50-59-53(56)47-44-41-38-15-12-9-6-3)61-55(58)49-46-43-40-37-35-33-31-28-25-23-21-19-17-14-11-8-5-2/h16,18,22,24,52H,4-15,17,19-21,23,25-51H2,1-3H3/b18-16-,24-22-. The molecule has 0 saturated carbocycles. The largest absolute Gasteiger partial charge is 0.462 e. The van der Waals surface area contributed by atoms with Crippen molar-refractivity contribution in [3.63, 3.8) is 0 Å². The monoisotopic (exact) mass is 859 g/mol. The number of ether oxygens (including phenoxy) is 3. The average Bonchev–Trinajstić information content (AvgIpc) is 3.26. The van der Waals surface area contributed by atoms with Gasteiger partial charge in [0.15, 0.2) is 6.10 Å². The van der Waals surface area contributed by atoms with E-state index in [9.17, 15) is 14.4 Å². The molecule has 6 heteroatoms. The summed E-state index contributed by atoms with van der Waals surface area (Å²) in [6, 6.07) is 0. The molecule has 0 radical (unpaired) electrons. The zero-order valence-electron chi connectivity index (χ0n) is 40.9. The van der Waals surface area contributed by atoms with Crippen LogP contribution in [0.25, 0.3) is 0 Å². The number of hydrogen-bond acceptors (Lipinski definition) is 6. The average molecular weight is 859 g/mol. The van der Waals surface area contributed by atoms with Gasteiger partial charge in [-0.25, -0.2) is 0 Å². The van der Waals surface area contributed by atoms with E-state index in [0.29, 0.717) is 19.3 Å². The number of rotatable bonds is 49. The first-order valence-corrected chi connectivity index (χ1v) is 26.8. The van der Waals surface area contributed by atoms with Gasteiger partial charge in [-0.2, -0.15) is 0 Å². The Morgan fingerprint density at radius 3 is 0.934 bits per heavy atom. The van der Waals surface area contributed by atoms with Gasteiger partial charge in [-0.15, -0.1) is 0 Å². The highest BCUT2D eigenvalue weighted by Crippen LogP contribution is 2.16. The van der Waals surface area contributed by atoms with Crippen molar-refractivity contribution in [1.29, 1.82) is 0 Å². The highest BCUT2D eigenvalue weighted by Gasteiger charge is 2.19. The van der Waals surface area contributed by atoms with Gasteiger partial charge in [0, 0.05) is 19.3 Å². The van der Waals surface area contributed by atoms with Crippen LogP contribution in [0.3, 0.4) is 0 Å². The van der Waals surface area contributed by atoms with Crippen LogP contribution in [-0.4, -0.2) is 37.2 Å². The summed E-state index contributed by atoms with van der Waals surface area (Å²) in [6.45, 7) is 6.60. The van der Waals surface area contributed by atoms with Crippen LogP contribution in [0, 0.1) is 0 Å². The summed E-state index contributed by atoms with van der Waals surface area (Å²) < 4.78 is 16.8. The van der Waals surface area contributed by atoms with Crippen molar-refractivity contribution in [2.75, 3.05) is 13.2 Å². The van der Waals surface area contributed by atoms with E-state index < -0.39 is 6.10 Å². The van der Waals surface area contributed by atoms with E-state index in [1.165, 1.54) is 186 Å². The molecule has 0 spiro atoms. The predicted octanol–water partition coefficient (Wildman–Crippen LogP) is 17.5. The minimum Gasteiger partial charge on any atom is -0.462 e. The molecule has 0 aliphatic carbocycles. The van der Waals surface area contributed by atoms with E-state index >= 15 is 0 Å². The zero-order valence-corrected chi connectivity index (χ0v) is 40.9. The van der Waals surface area contributed by atoms with Gasteiger partial charge < -0.3 is 14.2 Å². The first-order chi connectivity index (χ1) is 30.0. The summed E-state index contributed by atoms with van der Waals surface area (Å²) in [5.74, 6) is -0.864. The second-order valence-electron chi connectivity index (χ2n) is 18.2. The number of hydrogen-bond donors (Lipinski definition) is 0. The van der Waals surface area contributed by atoms with Crippen LogP contribution >= 0.6 is 0 Å². The first kappa shape index (κ1) is 58.9. The molecular weight excluding hydrogens is 757 g/mol. The summed E-state index contributed by atoms with van der Waals surface area (Å²) in [5, 5.41) is 0. The lowest BCUT2D eigenvalue weighted by Gasteiger charge is -2.18. The van der Waals surface area contributed by atoms with Crippen LogP contribution in [0.4, 0.5) is 0 Å². The molecule has 0 saturated heterocycles. The van der Waals surface area contributed by atoms with Crippen molar-refractivity contribution in [1.82, 2.24) is 0 Å². The molecule has 0 aromatic rings. The van der Waals surface area contributed by atoms with Gasteiger partial charge in [0.25, 0.3) is 0 Å². The minimum absolute atomic E-state index is 0.0685. The SMILES string of the molecule is CCCCC/C=C\C/C=C\CCCCCCCCCCCC(=O)OCC(COC(=O)CCCCCCCCC)OC(=O)CCCCCCCCCCCCCCCCCCC. The third-order valence-electron chi connectivity index (χ3n) is 12.0. The fourth-order valence-corrected chi connectivity index (χ4v) is 7.89. The normalized spacial score (nSPS) is 12.1. The Hall–Kier alpha value is -2.11. The molecule has 6 nitrogen and oxygen atoms in total. The van der Waals surface area contributed by atoms with Gasteiger partial charge in [0.1, 0.15) is 13.2 Å². The summed E-state index contributed by atoms with van der Waals surface area (Å²) in [5.41, 5.74) is 0. The maximum Gasteiger partial charge on any atom is 0.306 e. The lowest BCUT2D eigenvalue weighted by atomic mass is 10.0. The fraction of sp³-hybridized carbons (Fsp3) is 0.873. The van der Waals surface area contributed by atoms with Gasteiger partial charge in [-0.3, -0.25) is 14.4 Å². The Morgan fingerprint density at radius 1 is 0.328 bits per heavy atom. The van der Waals surface area contributed by atoms with Crippen molar-refractivity contribution in [2.24, 2.45) is 0 Å². The maximum absolute atomic E-state index is 12.8. The number of esters is 3. The molecule has 0 bridgehead atoms.